The summed E-state index contributed by atoms with van der Waals surface area (Å²) in [6.45, 7) is 1.67. The first kappa shape index (κ1) is 95.4. The summed E-state index contributed by atoms with van der Waals surface area (Å²) in [6, 6.07) is -0.922. The molecule has 19 nitrogen and oxygen atoms in total. The van der Waals surface area contributed by atoms with Gasteiger partial charge in [-0.25, -0.2) is 0 Å². The van der Waals surface area contributed by atoms with Gasteiger partial charge in [0, 0.05) is 6.42 Å². The summed E-state index contributed by atoms with van der Waals surface area (Å²) in [5, 5.41) is 121. The summed E-state index contributed by atoms with van der Waals surface area (Å²) < 4.78 is 34.5. The van der Waals surface area contributed by atoms with E-state index in [1.807, 2.05) is 0 Å². The Bertz CT molecular complexity index is 2370. The lowest BCUT2D eigenvalue weighted by atomic mass is 9.96. The molecule has 0 spiro atoms. The molecule has 1 amide bonds. The fourth-order valence-electron chi connectivity index (χ4n) is 13.2. The van der Waals surface area contributed by atoms with Crippen LogP contribution in [-0.2, 0) is 33.2 Å². The van der Waals surface area contributed by atoms with Crippen molar-refractivity contribution in [2.75, 3.05) is 26.4 Å². The van der Waals surface area contributed by atoms with Crippen molar-refractivity contribution in [2.24, 2.45) is 0 Å². The molecule has 19 heteroatoms. The van der Waals surface area contributed by atoms with Crippen molar-refractivity contribution in [3.05, 3.63) is 122 Å². The third-order valence-electron chi connectivity index (χ3n) is 19.8. The number of nitrogens with one attached hydrogen (secondary N) is 1. The summed E-state index contributed by atoms with van der Waals surface area (Å²) in [4.78, 5) is 13.5. The first-order chi connectivity index (χ1) is 51.3. The topological polar surface area (TPSA) is 307 Å². The van der Waals surface area contributed by atoms with Gasteiger partial charge in [0.2, 0.25) is 5.91 Å². The van der Waals surface area contributed by atoms with E-state index in [0.717, 1.165) is 96.3 Å². The third-order valence-corrected chi connectivity index (χ3v) is 19.8. The summed E-state index contributed by atoms with van der Waals surface area (Å²) in [6.07, 6.45) is 64.2. The van der Waals surface area contributed by atoms with Gasteiger partial charge in [-0.3, -0.25) is 4.79 Å². The lowest BCUT2D eigenvalue weighted by molar-refractivity contribution is -0.379. The minimum Gasteiger partial charge on any atom is -0.394 e. The van der Waals surface area contributed by atoms with Gasteiger partial charge in [0.15, 0.2) is 18.9 Å². The van der Waals surface area contributed by atoms with Crippen molar-refractivity contribution >= 4 is 5.91 Å². The fraction of sp³-hybridized carbons (Fsp3) is 0.756. The molecular formula is C86H147NO18. The molecule has 0 aliphatic carbocycles. The molecule has 12 N–H and O–H groups in total. The molecular weight excluding hydrogens is 1330 g/mol. The lowest BCUT2D eigenvalue weighted by Crippen LogP contribution is -2.66. The Morgan fingerprint density at radius 1 is 0.352 bits per heavy atom. The van der Waals surface area contributed by atoms with E-state index in [0.29, 0.717) is 19.3 Å². The van der Waals surface area contributed by atoms with Gasteiger partial charge in [0.25, 0.3) is 0 Å². The van der Waals surface area contributed by atoms with Gasteiger partial charge in [-0.05, 0) is 89.9 Å². The van der Waals surface area contributed by atoms with Crippen LogP contribution >= 0.6 is 0 Å². The summed E-state index contributed by atoms with van der Waals surface area (Å²) in [7, 11) is 0. The summed E-state index contributed by atoms with van der Waals surface area (Å²) >= 11 is 0. The highest BCUT2D eigenvalue weighted by atomic mass is 16.8. The number of unbranched alkanes of at least 4 members (excludes halogenated alkanes) is 28. The maximum absolute atomic E-state index is 13.5. The maximum Gasteiger partial charge on any atom is 0.220 e. The van der Waals surface area contributed by atoms with Crippen molar-refractivity contribution in [1.29, 1.82) is 0 Å². The van der Waals surface area contributed by atoms with Gasteiger partial charge in [-0.15, -0.1) is 0 Å². The highest BCUT2D eigenvalue weighted by molar-refractivity contribution is 5.76. The van der Waals surface area contributed by atoms with Crippen LogP contribution in [0.1, 0.15) is 284 Å². The Balaban J connectivity index is 1.39. The van der Waals surface area contributed by atoms with Crippen LogP contribution < -0.4 is 5.32 Å². The lowest BCUT2D eigenvalue weighted by Gasteiger charge is -2.48. The first-order valence-electron chi connectivity index (χ1n) is 41.3. The minimum atomic E-state index is -1.98. The standard InChI is InChI=1S/C86H147NO18/c1-3-5-7-9-11-13-15-17-19-21-23-25-27-29-31-32-33-34-35-36-38-40-42-44-46-48-50-52-54-56-58-60-62-64-74(92)87-69(70(91)63-61-59-57-55-53-51-49-47-45-43-41-39-37-30-28-26-24-22-20-18-16-14-12-10-8-6-4-2)68-100-84-80(98)77(95)82(72(66-89)102-84)105-86-81(99)78(96)83(73(67-90)103-86)104-85-79(97)76(94)75(93)71(65-88)101-85/h5,7,11,13,17,19,23,25,29,31,33-34,36,38,42,44,48,50,54,56,69-73,75-86,88-91,93-99H,3-4,6,8-10,12,14-16,18,20-22,24,26-28,30,32,35,37,39-41,43,45-47,49,51-53,55,57-68H2,1-2H3,(H,87,92)/b7-5-,13-11-,19-17-,25-23-,31-29-,34-33-,38-36-,44-42-,50-48-,56-54-. The molecule has 17 unspecified atom stereocenters. The second kappa shape index (κ2) is 65.0. The van der Waals surface area contributed by atoms with E-state index in [1.54, 1.807) is 0 Å². The highest BCUT2D eigenvalue weighted by Crippen LogP contribution is 2.33. The van der Waals surface area contributed by atoms with Gasteiger partial charge in [-0.2, -0.15) is 0 Å². The maximum atomic E-state index is 13.5. The number of ether oxygens (including phenoxy) is 6. The molecule has 3 aliphatic heterocycles. The molecule has 0 bridgehead atoms. The minimum absolute atomic E-state index is 0.203. The molecule has 0 radical (unpaired) electrons. The Morgan fingerprint density at radius 3 is 1.01 bits per heavy atom. The molecule has 604 valence electrons. The molecule has 0 aromatic rings. The van der Waals surface area contributed by atoms with E-state index < -0.39 is 124 Å². The fourth-order valence-corrected chi connectivity index (χ4v) is 13.2. The Kier molecular flexibility index (Phi) is 59.0. The Morgan fingerprint density at radius 2 is 0.657 bits per heavy atom. The molecule has 3 aliphatic rings. The van der Waals surface area contributed by atoms with Gasteiger partial charge >= 0.3 is 0 Å². The third kappa shape index (κ3) is 44.6. The molecule has 3 rings (SSSR count). The number of aliphatic hydroxyl groups is 11. The van der Waals surface area contributed by atoms with Gasteiger partial charge in [0.1, 0.15) is 73.2 Å². The van der Waals surface area contributed by atoms with E-state index in [9.17, 15) is 61.0 Å². The van der Waals surface area contributed by atoms with Crippen LogP contribution in [0.2, 0.25) is 0 Å². The quantitative estimate of drug-likeness (QED) is 0.0199. The second-order valence-electron chi connectivity index (χ2n) is 28.9. The Labute approximate surface area is 633 Å². The zero-order valence-corrected chi connectivity index (χ0v) is 64.7. The monoisotopic (exact) mass is 1480 g/mol. The zero-order chi connectivity index (χ0) is 76.0. The van der Waals surface area contributed by atoms with Crippen LogP contribution in [0.15, 0.2) is 122 Å². The Hall–Kier alpha value is -3.81. The van der Waals surface area contributed by atoms with Gasteiger partial charge in [-0.1, -0.05) is 309 Å². The van der Waals surface area contributed by atoms with Crippen LogP contribution in [-0.4, -0.2) is 193 Å². The first-order valence-corrected chi connectivity index (χ1v) is 41.3. The van der Waals surface area contributed by atoms with E-state index in [1.165, 1.54) is 148 Å². The number of carbonyl (C=O) groups excluding carboxylic acids is 1. The number of rotatable bonds is 64. The van der Waals surface area contributed by atoms with E-state index in [-0.39, 0.29) is 18.9 Å². The van der Waals surface area contributed by atoms with Gasteiger partial charge in [0.05, 0.1) is 38.6 Å². The number of amides is 1. The molecule has 0 saturated carbocycles. The molecule has 105 heavy (non-hydrogen) atoms. The summed E-state index contributed by atoms with van der Waals surface area (Å²) in [5.74, 6) is -0.287. The van der Waals surface area contributed by atoms with Crippen LogP contribution in [0.4, 0.5) is 0 Å². The van der Waals surface area contributed by atoms with Crippen molar-refractivity contribution in [3.63, 3.8) is 0 Å². The van der Waals surface area contributed by atoms with E-state index in [4.69, 9.17) is 28.4 Å². The molecule has 3 heterocycles. The van der Waals surface area contributed by atoms with E-state index >= 15 is 0 Å². The summed E-state index contributed by atoms with van der Waals surface area (Å²) in [5.41, 5.74) is 0. The predicted molar refractivity (Wildman–Crippen MR) is 420 cm³/mol. The normalized spacial score (nSPS) is 26.4. The van der Waals surface area contributed by atoms with Crippen molar-refractivity contribution < 1.29 is 89.4 Å². The second-order valence-corrected chi connectivity index (χ2v) is 28.9. The van der Waals surface area contributed by atoms with Crippen molar-refractivity contribution in [3.8, 4) is 0 Å². The van der Waals surface area contributed by atoms with Crippen LogP contribution in [0.3, 0.4) is 0 Å². The van der Waals surface area contributed by atoms with Crippen molar-refractivity contribution in [1.82, 2.24) is 5.32 Å². The highest BCUT2D eigenvalue weighted by Gasteiger charge is 2.54. The SMILES string of the molecule is CC/C=C\C/C=C\C/C=C\C/C=C\C/C=C\C/C=C\C/C=C\C/C=C\C/C=C\C/C=C\CCCCC(=O)NC(COC1OC(CO)C(OC2OC(CO)C(OC3OC(CO)C(O)C(O)C3O)C(O)C2O)C(O)C1O)C(O)CCCCCCCCCCCCCCCCCCCCCCCCCCCCC. The smallest absolute Gasteiger partial charge is 0.220 e. The van der Waals surface area contributed by atoms with Crippen LogP contribution in [0.25, 0.3) is 0 Å². The number of hydrogen-bond acceptors (Lipinski definition) is 18. The average Bonchev–Trinajstić information content (AvgIpc) is 0.780. The zero-order valence-electron chi connectivity index (χ0n) is 64.7. The number of carbonyl (C=O) groups is 1. The molecule has 3 fully saturated rings. The van der Waals surface area contributed by atoms with Gasteiger partial charge < -0.3 is 89.9 Å². The van der Waals surface area contributed by atoms with Crippen LogP contribution in [0.5, 0.6) is 0 Å². The number of aliphatic hydroxyl groups excluding tert-OH is 11. The average molecular weight is 1480 g/mol. The van der Waals surface area contributed by atoms with E-state index in [2.05, 4.69) is 141 Å². The molecule has 3 saturated heterocycles. The largest absolute Gasteiger partial charge is 0.394 e. The predicted octanol–water partition coefficient (Wildman–Crippen LogP) is 14.3. The molecule has 17 atom stereocenters. The van der Waals surface area contributed by atoms with Crippen molar-refractivity contribution in [2.45, 2.75) is 388 Å². The number of allylic oxidation sites excluding steroid dienone is 20. The number of hydrogen-bond donors (Lipinski definition) is 12. The van der Waals surface area contributed by atoms with Crippen LogP contribution in [0, 0.1) is 0 Å². The molecule has 0 aromatic heterocycles. The molecule has 0 aromatic carbocycles.